The fourth-order valence-electron chi connectivity index (χ4n) is 6.98. The van der Waals surface area contributed by atoms with Crippen molar-refractivity contribution in [2.75, 3.05) is 20.3 Å². The molecule has 2 heterocycles. The van der Waals surface area contributed by atoms with E-state index in [2.05, 4.69) is 15.3 Å². The second-order valence-corrected chi connectivity index (χ2v) is 13.8. The molecule has 4 aromatic rings. The lowest BCUT2D eigenvalue weighted by Crippen LogP contribution is -2.68. The smallest absolute Gasteiger partial charge is 0.217 e. The lowest BCUT2D eigenvalue weighted by atomic mass is 9.94. The highest BCUT2D eigenvalue weighted by Gasteiger charge is 2.53. The highest BCUT2D eigenvalue weighted by Crippen LogP contribution is 2.34. The van der Waals surface area contributed by atoms with E-state index in [1.165, 1.54) is 14.0 Å². The van der Waals surface area contributed by atoms with Gasteiger partial charge in [0.2, 0.25) is 5.91 Å². The zero-order chi connectivity index (χ0) is 39.8. The van der Waals surface area contributed by atoms with Gasteiger partial charge in [0.15, 0.2) is 12.6 Å². The molecule has 2 fully saturated rings. The monoisotopic (exact) mass is 782 g/mol. The molecular weight excluding hydrogens is 732 g/mol. The Labute approximate surface area is 332 Å². The number of azide groups is 1. The van der Waals surface area contributed by atoms with Gasteiger partial charge in [-0.3, -0.25) is 4.79 Å². The van der Waals surface area contributed by atoms with Gasteiger partial charge in [0.25, 0.3) is 0 Å². The highest BCUT2D eigenvalue weighted by molar-refractivity contribution is 5.73. The second kappa shape index (κ2) is 21.7. The Bertz CT molecular complexity index is 1820. The second-order valence-electron chi connectivity index (χ2n) is 13.8. The van der Waals surface area contributed by atoms with Crippen molar-refractivity contribution >= 4 is 5.91 Å². The lowest BCUT2D eigenvalue weighted by molar-refractivity contribution is -0.355. The predicted molar refractivity (Wildman–Crippen MR) is 208 cm³/mol. The largest absolute Gasteiger partial charge is 0.385 e. The quantitative estimate of drug-likeness (QED) is 0.0692. The summed E-state index contributed by atoms with van der Waals surface area (Å²) in [4.78, 5) is 15.5. The summed E-state index contributed by atoms with van der Waals surface area (Å²) >= 11 is 0. The van der Waals surface area contributed by atoms with E-state index in [1.807, 2.05) is 121 Å². The summed E-state index contributed by atoms with van der Waals surface area (Å²) < 4.78 is 51.2. The SMILES string of the molecule is CO[C@@H]1O[C@H](CN=[N+]=[N-])[C@@H](O[C@@H]2O[C@H](COCc3ccccc3)[C@H](OCc3ccccc3)[C@H](OCc3ccccc3)[C@H]2O)[C@H](OCc2ccccc2)[C@H]1NC(C)=O. The highest BCUT2D eigenvalue weighted by atomic mass is 16.7. The van der Waals surface area contributed by atoms with E-state index in [9.17, 15) is 15.4 Å². The molecule has 0 bridgehead atoms. The normalized spacial score (nSPS) is 27.3. The molecule has 57 heavy (non-hydrogen) atoms. The van der Waals surface area contributed by atoms with E-state index in [0.29, 0.717) is 6.61 Å². The van der Waals surface area contributed by atoms with Crippen LogP contribution in [0, 0.1) is 0 Å². The standard InChI is InChI=1S/C43H50N4O10/c1-29(48)46-36-40(53-26-32-19-11-5-12-20-32)39(34(23-45-47-44)55-42(36)50-2)57-43-37(49)41(54-27-33-21-13-6-14-22-33)38(52-25-31-17-9-4-10-18-31)35(56-43)28-51-24-30-15-7-3-8-16-30/h3-22,34-43,49H,23-28H2,1-2H3,(H,46,48)/t34-,35-,36-,37-,38+,39-,40-,41-,42-,43+/m1/s1. The summed E-state index contributed by atoms with van der Waals surface area (Å²) in [5.41, 5.74) is 13.0. The van der Waals surface area contributed by atoms with Crippen LogP contribution in [0.3, 0.4) is 0 Å². The zero-order valence-corrected chi connectivity index (χ0v) is 32.0. The van der Waals surface area contributed by atoms with Crippen molar-refractivity contribution in [1.29, 1.82) is 0 Å². The van der Waals surface area contributed by atoms with Gasteiger partial charge in [-0.05, 0) is 27.8 Å². The molecule has 10 atom stereocenters. The van der Waals surface area contributed by atoms with Crippen LogP contribution >= 0.6 is 0 Å². The fourth-order valence-corrected chi connectivity index (χ4v) is 6.98. The Morgan fingerprint density at radius 2 is 1.16 bits per heavy atom. The molecule has 14 heteroatoms. The van der Waals surface area contributed by atoms with Gasteiger partial charge in [-0.2, -0.15) is 0 Å². The third-order valence-corrected chi connectivity index (χ3v) is 9.73. The van der Waals surface area contributed by atoms with Crippen molar-refractivity contribution < 1.29 is 47.8 Å². The molecule has 0 spiro atoms. The van der Waals surface area contributed by atoms with Crippen molar-refractivity contribution in [1.82, 2.24) is 5.32 Å². The average molecular weight is 783 g/mol. The van der Waals surface area contributed by atoms with E-state index in [4.69, 9.17) is 37.9 Å². The first-order chi connectivity index (χ1) is 27.9. The summed E-state index contributed by atoms with van der Waals surface area (Å²) in [7, 11) is 1.44. The Balaban J connectivity index is 1.33. The molecule has 2 saturated heterocycles. The molecule has 2 aliphatic heterocycles. The maximum atomic E-state index is 12.6. The van der Waals surface area contributed by atoms with Crippen molar-refractivity contribution in [3.05, 3.63) is 154 Å². The Kier molecular flexibility index (Phi) is 16.0. The summed E-state index contributed by atoms with van der Waals surface area (Å²) in [6, 6.07) is 37.7. The third kappa shape index (κ3) is 11.9. The molecule has 1 amide bonds. The number of hydrogen-bond acceptors (Lipinski definition) is 11. The molecule has 0 saturated carbocycles. The molecule has 2 N–H and O–H groups in total. The van der Waals surface area contributed by atoms with Gasteiger partial charge in [-0.25, -0.2) is 0 Å². The van der Waals surface area contributed by atoms with Crippen molar-refractivity contribution in [3.8, 4) is 0 Å². The van der Waals surface area contributed by atoms with E-state index >= 15 is 0 Å². The summed E-state index contributed by atoms with van der Waals surface area (Å²) in [5, 5.41) is 18.9. The van der Waals surface area contributed by atoms with Crippen LogP contribution in [0.1, 0.15) is 29.2 Å². The fraction of sp³-hybridized carbons (Fsp3) is 0.419. The van der Waals surface area contributed by atoms with Crippen LogP contribution in [0.25, 0.3) is 10.4 Å². The predicted octanol–water partition coefficient (Wildman–Crippen LogP) is 5.62. The first-order valence-corrected chi connectivity index (χ1v) is 19.0. The van der Waals surface area contributed by atoms with Gasteiger partial charge in [-0.1, -0.05) is 126 Å². The lowest BCUT2D eigenvalue weighted by Gasteiger charge is -2.49. The minimum atomic E-state index is -1.41. The number of aliphatic hydroxyl groups is 1. The number of aliphatic hydroxyl groups excluding tert-OH is 1. The number of carbonyl (C=O) groups excluding carboxylic acids is 1. The molecular formula is C43H50N4O10. The zero-order valence-electron chi connectivity index (χ0n) is 32.0. The van der Waals surface area contributed by atoms with Gasteiger partial charge < -0.3 is 48.3 Å². The van der Waals surface area contributed by atoms with Crippen molar-refractivity contribution in [2.24, 2.45) is 5.11 Å². The summed E-state index contributed by atoms with van der Waals surface area (Å²) in [5.74, 6) is -0.358. The molecule has 0 radical (unpaired) electrons. The molecule has 2 aliphatic rings. The van der Waals surface area contributed by atoms with Crippen LogP contribution in [0.4, 0.5) is 0 Å². The first-order valence-electron chi connectivity index (χ1n) is 19.0. The van der Waals surface area contributed by atoms with Gasteiger partial charge in [0, 0.05) is 18.9 Å². The molecule has 0 aromatic heterocycles. The van der Waals surface area contributed by atoms with Crippen LogP contribution < -0.4 is 5.32 Å². The van der Waals surface area contributed by atoms with E-state index in [-0.39, 0.29) is 38.9 Å². The van der Waals surface area contributed by atoms with Crippen LogP contribution in [0.2, 0.25) is 0 Å². The average Bonchev–Trinajstić information content (AvgIpc) is 3.24. The molecule has 0 aliphatic carbocycles. The number of nitrogens with one attached hydrogen (secondary N) is 1. The Hall–Kier alpha value is -4.70. The number of hydrogen-bond donors (Lipinski definition) is 2. The number of ether oxygens (including phenoxy) is 8. The Morgan fingerprint density at radius 1 is 0.684 bits per heavy atom. The van der Waals surface area contributed by atoms with Crippen molar-refractivity contribution in [3.63, 3.8) is 0 Å². The number of nitrogens with zero attached hydrogens (tertiary/aromatic N) is 3. The maximum Gasteiger partial charge on any atom is 0.217 e. The number of methoxy groups -OCH3 is 1. The van der Waals surface area contributed by atoms with Gasteiger partial charge >= 0.3 is 0 Å². The van der Waals surface area contributed by atoms with Crippen LogP contribution in [0.5, 0.6) is 0 Å². The van der Waals surface area contributed by atoms with E-state index in [0.717, 1.165) is 22.3 Å². The Morgan fingerprint density at radius 3 is 1.65 bits per heavy atom. The van der Waals surface area contributed by atoms with Crippen LogP contribution in [0.15, 0.2) is 126 Å². The molecule has 14 nitrogen and oxygen atoms in total. The molecule has 6 rings (SSSR count). The van der Waals surface area contributed by atoms with Gasteiger partial charge in [0.05, 0.1) is 45.7 Å². The topological polar surface area (TPSA) is 172 Å². The number of rotatable bonds is 19. The van der Waals surface area contributed by atoms with Crippen LogP contribution in [-0.4, -0.2) is 92.6 Å². The van der Waals surface area contributed by atoms with Crippen LogP contribution in [-0.2, 0) is 69.1 Å². The van der Waals surface area contributed by atoms with Gasteiger partial charge in [0.1, 0.15) is 42.7 Å². The third-order valence-electron chi connectivity index (χ3n) is 9.73. The van der Waals surface area contributed by atoms with E-state index in [1.54, 1.807) is 0 Å². The minimum absolute atomic E-state index is 0.0592. The first kappa shape index (κ1) is 41.9. The minimum Gasteiger partial charge on any atom is -0.385 e. The summed E-state index contributed by atoms with van der Waals surface area (Å²) in [6.45, 7) is 2.06. The maximum absolute atomic E-state index is 12.6. The molecule has 4 aromatic carbocycles. The van der Waals surface area contributed by atoms with Gasteiger partial charge in [-0.15, -0.1) is 0 Å². The van der Waals surface area contributed by atoms with Crippen molar-refractivity contribution in [2.45, 2.75) is 94.7 Å². The summed E-state index contributed by atoms with van der Waals surface area (Å²) in [6.07, 6.45) is -9.29. The number of benzene rings is 4. The molecule has 0 unspecified atom stereocenters. The number of amides is 1. The molecule has 302 valence electrons. The number of carbonyl (C=O) groups is 1. The van der Waals surface area contributed by atoms with E-state index < -0.39 is 61.3 Å².